The fourth-order valence-corrected chi connectivity index (χ4v) is 2.71. The molecule has 1 saturated heterocycles. The summed E-state index contributed by atoms with van der Waals surface area (Å²) in [5.41, 5.74) is 1.84. The van der Waals surface area contributed by atoms with Gasteiger partial charge in [0.1, 0.15) is 12.0 Å². The van der Waals surface area contributed by atoms with Crippen molar-refractivity contribution in [3.63, 3.8) is 0 Å². The van der Waals surface area contributed by atoms with Crippen molar-refractivity contribution in [1.82, 2.24) is 4.90 Å². The molecule has 0 unspecified atom stereocenters. The fraction of sp³-hybridized carbons (Fsp3) is 0.562. The summed E-state index contributed by atoms with van der Waals surface area (Å²) < 4.78 is 5.40. The first-order valence-electron chi connectivity index (χ1n) is 7.18. The van der Waals surface area contributed by atoms with Gasteiger partial charge in [0.05, 0.1) is 7.11 Å². The van der Waals surface area contributed by atoms with E-state index in [1.165, 1.54) is 32.1 Å². The minimum absolute atomic E-state index is 0.725. The molecule has 2 rings (SSSR count). The monoisotopic (exact) mass is 261 g/mol. The largest absolute Gasteiger partial charge is 0.496 e. The standard InChI is InChI=1S/C16H23NO2/c1-19-16-8-7-14(13-18)11-15(16)12-17-9-5-3-2-4-6-10-17/h7-8,11,13H,2-6,9-10,12H2,1H3. The van der Waals surface area contributed by atoms with Gasteiger partial charge in [-0.15, -0.1) is 0 Å². The van der Waals surface area contributed by atoms with Crippen LogP contribution in [0.15, 0.2) is 18.2 Å². The summed E-state index contributed by atoms with van der Waals surface area (Å²) >= 11 is 0. The Morgan fingerprint density at radius 3 is 2.47 bits per heavy atom. The zero-order valence-electron chi connectivity index (χ0n) is 11.7. The zero-order valence-corrected chi connectivity index (χ0v) is 11.7. The lowest BCUT2D eigenvalue weighted by Crippen LogP contribution is -2.27. The van der Waals surface area contributed by atoms with Crippen LogP contribution in [0.5, 0.6) is 5.75 Å². The number of nitrogens with zero attached hydrogens (tertiary/aromatic N) is 1. The van der Waals surface area contributed by atoms with Crippen molar-refractivity contribution in [3.8, 4) is 5.75 Å². The molecule has 19 heavy (non-hydrogen) atoms. The Bertz CT molecular complexity index is 409. The van der Waals surface area contributed by atoms with Crippen molar-refractivity contribution < 1.29 is 9.53 Å². The van der Waals surface area contributed by atoms with E-state index in [0.717, 1.165) is 42.8 Å². The SMILES string of the molecule is COc1ccc(C=O)cc1CN1CCCCCCC1. The lowest BCUT2D eigenvalue weighted by Gasteiger charge is -2.25. The van der Waals surface area contributed by atoms with Gasteiger partial charge in [-0.2, -0.15) is 0 Å². The molecule has 0 N–H and O–H groups in total. The lowest BCUT2D eigenvalue weighted by atomic mass is 10.1. The number of carbonyl (C=O) groups is 1. The molecule has 0 aromatic heterocycles. The molecule has 0 aliphatic carbocycles. The Hall–Kier alpha value is -1.35. The van der Waals surface area contributed by atoms with Gasteiger partial charge in [-0.3, -0.25) is 9.69 Å². The molecule has 1 aromatic carbocycles. The van der Waals surface area contributed by atoms with Gasteiger partial charge in [0.15, 0.2) is 0 Å². The van der Waals surface area contributed by atoms with E-state index in [1.807, 2.05) is 18.2 Å². The van der Waals surface area contributed by atoms with E-state index >= 15 is 0 Å². The fourth-order valence-electron chi connectivity index (χ4n) is 2.71. The summed E-state index contributed by atoms with van der Waals surface area (Å²) in [6.45, 7) is 3.17. The molecule has 0 saturated carbocycles. The first-order valence-corrected chi connectivity index (χ1v) is 7.18. The van der Waals surface area contributed by atoms with Crippen LogP contribution in [0.2, 0.25) is 0 Å². The Labute approximate surface area is 115 Å². The number of benzene rings is 1. The molecule has 104 valence electrons. The summed E-state index contributed by atoms with van der Waals surface area (Å²) in [5.74, 6) is 0.882. The second kappa shape index (κ2) is 7.29. The quantitative estimate of drug-likeness (QED) is 0.779. The van der Waals surface area contributed by atoms with Gasteiger partial charge in [-0.25, -0.2) is 0 Å². The normalized spacial score (nSPS) is 17.5. The number of carbonyl (C=O) groups excluding carboxylic acids is 1. The van der Waals surface area contributed by atoms with Gasteiger partial charge < -0.3 is 4.74 Å². The van der Waals surface area contributed by atoms with Crippen molar-refractivity contribution >= 4 is 6.29 Å². The predicted molar refractivity (Wildman–Crippen MR) is 76.7 cm³/mol. The highest BCUT2D eigenvalue weighted by molar-refractivity contribution is 5.75. The Balaban J connectivity index is 2.08. The number of hydrogen-bond donors (Lipinski definition) is 0. The number of methoxy groups -OCH3 is 1. The molecule has 3 nitrogen and oxygen atoms in total. The minimum atomic E-state index is 0.725. The van der Waals surface area contributed by atoms with Crippen LogP contribution in [0.4, 0.5) is 0 Å². The third-order valence-electron chi connectivity index (χ3n) is 3.78. The molecule has 1 aliphatic rings. The molecule has 0 spiro atoms. The van der Waals surface area contributed by atoms with E-state index in [4.69, 9.17) is 4.74 Å². The molecule has 3 heteroatoms. The highest BCUT2D eigenvalue weighted by Crippen LogP contribution is 2.22. The van der Waals surface area contributed by atoms with E-state index in [2.05, 4.69) is 4.90 Å². The average Bonchev–Trinajstić information content (AvgIpc) is 2.41. The van der Waals surface area contributed by atoms with E-state index in [-0.39, 0.29) is 0 Å². The maximum absolute atomic E-state index is 10.9. The molecule has 0 bridgehead atoms. The molecule has 0 atom stereocenters. The van der Waals surface area contributed by atoms with Crippen LogP contribution in [0, 0.1) is 0 Å². The van der Waals surface area contributed by atoms with E-state index < -0.39 is 0 Å². The number of ether oxygens (including phenoxy) is 1. The van der Waals surface area contributed by atoms with E-state index in [9.17, 15) is 4.79 Å². The third kappa shape index (κ3) is 4.06. The first kappa shape index (κ1) is 14.1. The summed E-state index contributed by atoms with van der Waals surface area (Å²) in [5, 5.41) is 0. The van der Waals surface area contributed by atoms with Gasteiger partial charge in [0, 0.05) is 17.7 Å². The molecular weight excluding hydrogens is 238 g/mol. The van der Waals surface area contributed by atoms with Crippen LogP contribution in [-0.2, 0) is 6.54 Å². The van der Waals surface area contributed by atoms with Crippen molar-refractivity contribution in [2.75, 3.05) is 20.2 Å². The maximum Gasteiger partial charge on any atom is 0.150 e. The molecule has 1 fully saturated rings. The molecular formula is C16H23NO2. The van der Waals surface area contributed by atoms with Crippen molar-refractivity contribution in [2.24, 2.45) is 0 Å². The third-order valence-corrected chi connectivity index (χ3v) is 3.78. The van der Waals surface area contributed by atoms with Gasteiger partial charge >= 0.3 is 0 Å². The van der Waals surface area contributed by atoms with Crippen LogP contribution in [0.25, 0.3) is 0 Å². The number of aldehydes is 1. The van der Waals surface area contributed by atoms with Crippen LogP contribution < -0.4 is 4.74 Å². The summed E-state index contributed by atoms with van der Waals surface area (Å²) in [4.78, 5) is 13.4. The van der Waals surface area contributed by atoms with Gasteiger partial charge in [0.2, 0.25) is 0 Å². The second-order valence-electron chi connectivity index (χ2n) is 5.23. The summed E-state index contributed by atoms with van der Waals surface area (Å²) in [7, 11) is 1.69. The predicted octanol–water partition coefficient (Wildman–Crippen LogP) is 3.27. The second-order valence-corrected chi connectivity index (χ2v) is 5.23. The average molecular weight is 261 g/mol. The van der Waals surface area contributed by atoms with Gasteiger partial charge in [-0.05, 0) is 44.1 Å². The zero-order chi connectivity index (χ0) is 13.5. The van der Waals surface area contributed by atoms with Crippen molar-refractivity contribution in [1.29, 1.82) is 0 Å². The molecule has 0 amide bonds. The maximum atomic E-state index is 10.9. The topological polar surface area (TPSA) is 29.5 Å². The molecule has 1 aromatic rings. The Morgan fingerprint density at radius 1 is 1.16 bits per heavy atom. The van der Waals surface area contributed by atoms with Gasteiger partial charge in [0.25, 0.3) is 0 Å². The Kier molecular flexibility index (Phi) is 5.40. The van der Waals surface area contributed by atoms with Gasteiger partial charge in [-0.1, -0.05) is 19.3 Å². The Morgan fingerprint density at radius 2 is 1.84 bits per heavy atom. The molecule has 1 heterocycles. The van der Waals surface area contributed by atoms with Crippen LogP contribution >= 0.6 is 0 Å². The molecule has 1 aliphatic heterocycles. The molecule has 0 radical (unpaired) electrons. The first-order chi connectivity index (χ1) is 9.33. The van der Waals surface area contributed by atoms with Crippen molar-refractivity contribution in [2.45, 2.75) is 38.6 Å². The number of rotatable bonds is 4. The highest BCUT2D eigenvalue weighted by Gasteiger charge is 2.12. The van der Waals surface area contributed by atoms with Crippen LogP contribution in [0.1, 0.15) is 48.0 Å². The van der Waals surface area contributed by atoms with Crippen LogP contribution in [-0.4, -0.2) is 31.4 Å². The smallest absolute Gasteiger partial charge is 0.150 e. The lowest BCUT2D eigenvalue weighted by molar-refractivity contribution is 0.112. The van der Waals surface area contributed by atoms with Crippen molar-refractivity contribution in [3.05, 3.63) is 29.3 Å². The number of hydrogen-bond acceptors (Lipinski definition) is 3. The number of likely N-dealkylation sites (tertiary alicyclic amines) is 1. The summed E-state index contributed by atoms with van der Waals surface area (Å²) in [6, 6.07) is 5.65. The van der Waals surface area contributed by atoms with E-state index in [1.54, 1.807) is 7.11 Å². The minimum Gasteiger partial charge on any atom is -0.496 e. The van der Waals surface area contributed by atoms with E-state index in [0.29, 0.717) is 0 Å². The summed E-state index contributed by atoms with van der Waals surface area (Å²) in [6.07, 6.45) is 7.49. The highest BCUT2D eigenvalue weighted by atomic mass is 16.5. The van der Waals surface area contributed by atoms with Crippen LogP contribution in [0.3, 0.4) is 0 Å².